The largest absolute Gasteiger partial charge is 0.214 e. The fourth-order valence-corrected chi connectivity index (χ4v) is 0.553. The minimum atomic E-state index is 0. The molecule has 0 nitrogen and oxygen atoms in total. The standard InChI is InChI=1S/C6H10.C5H5.Co/c1-3-5-6-4-2;1-2-4-5-3-1;/h3,5-6H,1,4H2,2H3;1-5H;/q;-1;. The second-order valence-electron chi connectivity index (χ2n) is 2.03. The molecule has 0 amide bonds. The van der Waals surface area contributed by atoms with Crippen molar-refractivity contribution >= 4 is 0 Å². The van der Waals surface area contributed by atoms with E-state index in [0.717, 1.165) is 6.42 Å². The van der Waals surface area contributed by atoms with E-state index >= 15 is 0 Å². The van der Waals surface area contributed by atoms with Crippen LogP contribution in [0.1, 0.15) is 13.3 Å². The first kappa shape index (κ1) is 13.9. The third-order valence-electron chi connectivity index (χ3n) is 1.06. The molecule has 69 valence electrons. The van der Waals surface area contributed by atoms with E-state index in [9.17, 15) is 0 Å². The molecule has 1 aromatic rings. The van der Waals surface area contributed by atoms with Gasteiger partial charge in [-0.05, 0) is 6.42 Å². The van der Waals surface area contributed by atoms with E-state index in [2.05, 4.69) is 19.6 Å². The SMILES string of the molecule is C=CC=CCC.[Co].c1cc[cH-]c1. The maximum atomic E-state index is 3.51. The quantitative estimate of drug-likeness (QED) is 0.512. The molecule has 0 aliphatic carbocycles. The summed E-state index contributed by atoms with van der Waals surface area (Å²) in [6.07, 6.45) is 6.89. The van der Waals surface area contributed by atoms with Crippen LogP contribution in [0.25, 0.3) is 0 Å². The minimum absolute atomic E-state index is 0. The summed E-state index contributed by atoms with van der Waals surface area (Å²) in [6.45, 7) is 5.61. The Morgan fingerprint density at radius 2 is 1.92 bits per heavy atom. The van der Waals surface area contributed by atoms with Crippen molar-refractivity contribution in [2.45, 2.75) is 13.3 Å². The van der Waals surface area contributed by atoms with Gasteiger partial charge in [0.2, 0.25) is 0 Å². The van der Waals surface area contributed by atoms with Gasteiger partial charge in [0.1, 0.15) is 0 Å². The topological polar surface area (TPSA) is 0 Å². The van der Waals surface area contributed by atoms with E-state index in [1.54, 1.807) is 6.08 Å². The van der Waals surface area contributed by atoms with Crippen molar-refractivity contribution in [1.29, 1.82) is 0 Å². The number of hydrogen-bond donors (Lipinski definition) is 0. The Balaban J connectivity index is 0. The molecule has 0 unspecified atom stereocenters. The van der Waals surface area contributed by atoms with E-state index in [4.69, 9.17) is 0 Å². The molecule has 0 aromatic heterocycles. The maximum Gasteiger partial charge on any atom is 0 e. The summed E-state index contributed by atoms with van der Waals surface area (Å²) >= 11 is 0. The number of allylic oxidation sites excluding steroid dienone is 3. The average Bonchev–Trinajstić information content (AvgIpc) is 2.57. The summed E-state index contributed by atoms with van der Waals surface area (Å²) in [5.41, 5.74) is 0. The molecule has 1 heteroatoms. The van der Waals surface area contributed by atoms with Gasteiger partial charge in [-0.3, -0.25) is 0 Å². The molecule has 1 rings (SSSR count). The van der Waals surface area contributed by atoms with Crippen molar-refractivity contribution in [2.24, 2.45) is 0 Å². The average molecular weight is 206 g/mol. The van der Waals surface area contributed by atoms with Crippen molar-refractivity contribution in [3.63, 3.8) is 0 Å². The third kappa shape index (κ3) is 12.1. The van der Waals surface area contributed by atoms with Crippen LogP contribution < -0.4 is 0 Å². The molecule has 1 aromatic carbocycles. The molecule has 0 bridgehead atoms. The number of hydrogen-bond acceptors (Lipinski definition) is 0. The Bertz CT molecular complexity index is 156. The van der Waals surface area contributed by atoms with Gasteiger partial charge in [-0.25, -0.2) is 12.1 Å². The Kier molecular flexibility index (Phi) is 15.0. The summed E-state index contributed by atoms with van der Waals surface area (Å²) in [7, 11) is 0. The van der Waals surface area contributed by atoms with Gasteiger partial charge < -0.3 is 0 Å². The molecule has 0 heterocycles. The molecule has 0 aliphatic rings. The van der Waals surface area contributed by atoms with Gasteiger partial charge in [-0.15, -0.1) is 0 Å². The third-order valence-corrected chi connectivity index (χ3v) is 1.06. The smallest absolute Gasteiger partial charge is 0 e. The van der Waals surface area contributed by atoms with Crippen molar-refractivity contribution in [3.05, 3.63) is 55.1 Å². The second kappa shape index (κ2) is 13.0. The first-order valence-corrected chi connectivity index (χ1v) is 3.86. The van der Waals surface area contributed by atoms with Crippen LogP contribution in [0.4, 0.5) is 0 Å². The van der Waals surface area contributed by atoms with Gasteiger partial charge in [-0.2, -0.15) is 18.2 Å². The predicted octanol–water partition coefficient (Wildman–Crippen LogP) is 3.54. The molecule has 0 saturated carbocycles. The molecular weight excluding hydrogens is 191 g/mol. The Morgan fingerprint density at radius 3 is 2.08 bits per heavy atom. The molecule has 0 saturated heterocycles. The van der Waals surface area contributed by atoms with Crippen LogP contribution in [-0.4, -0.2) is 0 Å². The van der Waals surface area contributed by atoms with Crippen LogP contribution in [0.3, 0.4) is 0 Å². The van der Waals surface area contributed by atoms with E-state index < -0.39 is 0 Å². The van der Waals surface area contributed by atoms with Gasteiger partial charge in [0.05, 0.1) is 0 Å². The molecule has 0 atom stereocenters. The van der Waals surface area contributed by atoms with E-state index in [1.165, 1.54) is 0 Å². The molecule has 1 radical (unpaired) electrons. The van der Waals surface area contributed by atoms with Crippen LogP contribution in [-0.2, 0) is 16.8 Å². The normalized spacial score (nSPS) is 8.08. The Labute approximate surface area is 85.6 Å². The molecule has 0 fully saturated rings. The molecule has 0 N–H and O–H groups in total. The predicted molar refractivity (Wildman–Crippen MR) is 51.7 cm³/mol. The first-order chi connectivity index (χ1) is 5.41. The van der Waals surface area contributed by atoms with E-state index in [-0.39, 0.29) is 16.8 Å². The van der Waals surface area contributed by atoms with Gasteiger partial charge in [-0.1, -0.05) is 31.7 Å². The Morgan fingerprint density at radius 1 is 1.33 bits per heavy atom. The van der Waals surface area contributed by atoms with Crippen molar-refractivity contribution in [2.75, 3.05) is 0 Å². The number of rotatable bonds is 2. The van der Waals surface area contributed by atoms with Crippen molar-refractivity contribution in [3.8, 4) is 0 Å². The summed E-state index contributed by atoms with van der Waals surface area (Å²) in [6, 6.07) is 10.0. The van der Waals surface area contributed by atoms with Crippen LogP contribution >= 0.6 is 0 Å². The van der Waals surface area contributed by atoms with Crippen LogP contribution in [0.5, 0.6) is 0 Å². The van der Waals surface area contributed by atoms with Gasteiger partial charge in [0, 0.05) is 16.8 Å². The summed E-state index contributed by atoms with van der Waals surface area (Å²) in [5.74, 6) is 0. The van der Waals surface area contributed by atoms with Gasteiger partial charge in [0.15, 0.2) is 0 Å². The summed E-state index contributed by atoms with van der Waals surface area (Å²) in [5, 5.41) is 0. The molecular formula is C11H15Co-. The van der Waals surface area contributed by atoms with Crippen molar-refractivity contribution < 1.29 is 16.8 Å². The zero-order valence-electron chi connectivity index (χ0n) is 7.37. The molecule has 0 spiro atoms. The maximum absolute atomic E-state index is 3.51. The summed E-state index contributed by atoms with van der Waals surface area (Å²) < 4.78 is 0. The van der Waals surface area contributed by atoms with Crippen LogP contribution in [0, 0.1) is 0 Å². The second-order valence-corrected chi connectivity index (χ2v) is 2.03. The Hall–Kier alpha value is -0.664. The monoisotopic (exact) mass is 206 g/mol. The van der Waals surface area contributed by atoms with Gasteiger partial charge >= 0.3 is 0 Å². The zero-order chi connectivity index (χ0) is 8.36. The van der Waals surface area contributed by atoms with Gasteiger partial charge in [0.25, 0.3) is 0 Å². The van der Waals surface area contributed by atoms with Crippen LogP contribution in [0.15, 0.2) is 55.1 Å². The minimum Gasteiger partial charge on any atom is -0.214 e. The van der Waals surface area contributed by atoms with E-state index in [0.29, 0.717) is 0 Å². The molecule has 0 aliphatic heterocycles. The fraction of sp³-hybridized carbons (Fsp3) is 0.182. The first-order valence-electron chi connectivity index (χ1n) is 3.86. The van der Waals surface area contributed by atoms with Crippen molar-refractivity contribution in [1.82, 2.24) is 0 Å². The zero-order valence-corrected chi connectivity index (χ0v) is 8.41. The van der Waals surface area contributed by atoms with E-state index in [1.807, 2.05) is 36.4 Å². The van der Waals surface area contributed by atoms with Crippen LogP contribution in [0.2, 0.25) is 0 Å². The molecule has 12 heavy (non-hydrogen) atoms. The summed E-state index contributed by atoms with van der Waals surface area (Å²) in [4.78, 5) is 0. The fourth-order valence-electron chi connectivity index (χ4n) is 0.553.